The number of halogens is 1. The molecule has 7 nitrogen and oxygen atoms in total. The predicted octanol–water partition coefficient (Wildman–Crippen LogP) is 3.74. The van der Waals surface area contributed by atoms with Crippen molar-refractivity contribution in [1.82, 2.24) is 8.87 Å². The van der Waals surface area contributed by atoms with Gasteiger partial charge in [-0.15, -0.1) is 0 Å². The first-order valence-corrected chi connectivity index (χ1v) is 14.5. The van der Waals surface area contributed by atoms with Crippen molar-refractivity contribution in [3.63, 3.8) is 0 Å². The van der Waals surface area contributed by atoms with Crippen molar-refractivity contribution in [2.75, 3.05) is 32.2 Å². The third-order valence-corrected chi connectivity index (χ3v) is 9.31. The van der Waals surface area contributed by atoms with Gasteiger partial charge in [0.15, 0.2) is 4.80 Å². The van der Waals surface area contributed by atoms with Crippen molar-refractivity contribution in [3.8, 4) is 5.75 Å². The summed E-state index contributed by atoms with van der Waals surface area (Å²) in [6, 6.07) is 10.5. The fourth-order valence-corrected chi connectivity index (χ4v) is 6.95. The first-order valence-electron chi connectivity index (χ1n) is 10.8. The van der Waals surface area contributed by atoms with Crippen LogP contribution in [-0.2, 0) is 21.4 Å². The van der Waals surface area contributed by atoms with Crippen molar-refractivity contribution >= 4 is 49.2 Å². The Bertz CT molecular complexity index is 1350. The number of ether oxygens (including phenoxy) is 1. The predicted molar refractivity (Wildman–Crippen MR) is 133 cm³/mol. The monoisotopic (exact) mass is 523 g/mol. The normalized spacial score (nSPS) is 17.9. The molecule has 1 unspecified atom stereocenters. The zero-order valence-corrected chi connectivity index (χ0v) is 21.4. The van der Waals surface area contributed by atoms with E-state index in [2.05, 4.69) is 4.99 Å². The van der Waals surface area contributed by atoms with E-state index in [1.54, 1.807) is 18.9 Å². The van der Waals surface area contributed by atoms with Crippen LogP contribution in [0.1, 0.15) is 12.8 Å². The largest absolute Gasteiger partial charge is 0.497 e. The fraction of sp³-hybridized carbons (Fsp3) is 0.391. The molecular formula is C23H26FN3O4S3. The Balaban J connectivity index is 1.62. The summed E-state index contributed by atoms with van der Waals surface area (Å²) in [5, 5.41) is 0. The second kappa shape index (κ2) is 10.6. The molecule has 1 saturated heterocycles. The van der Waals surface area contributed by atoms with E-state index in [-0.39, 0.29) is 17.3 Å². The van der Waals surface area contributed by atoms with E-state index in [0.717, 1.165) is 33.9 Å². The molecule has 4 rings (SSSR count). The van der Waals surface area contributed by atoms with Crippen LogP contribution in [0.5, 0.6) is 5.75 Å². The van der Waals surface area contributed by atoms with Gasteiger partial charge in [0.25, 0.3) is 5.91 Å². The van der Waals surface area contributed by atoms with Gasteiger partial charge in [0.05, 0.1) is 28.1 Å². The molecule has 11 heteroatoms. The quantitative estimate of drug-likeness (QED) is 0.471. The highest BCUT2D eigenvalue weighted by Gasteiger charge is 2.33. The van der Waals surface area contributed by atoms with E-state index < -0.39 is 21.8 Å². The highest BCUT2D eigenvalue weighted by molar-refractivity contribution is 7.98. The SMILES string of the molecule is COc1ccc2c(c1)sc(=NC(=O)C1CCCN(S(=O)(=O)c3ccc(F)cc3)C1)n2CCSC. The first kappa shape index (κ1) is 24.9. The number of aryl methyl sites for hydroxylation is 1. The molecule has 0 saturated carbocycles. The molecule has 1 aromatic heterocycles. The summed E-state index contributed by atoms with van der Waals surface area (Å²) in [7, 11) is -2.20. The minimum Gasteiger partial charge on any atom is -0.497 e. The molecule has 1 fully saturated rings. The number of carbonyl (C=O) groups excluding carboxylic acids is 1. The summed E-state index contributed by atoms with van der Waals surface area (Å²) in [4.78, 5) is 18.2. The number of hydrogen-bond acceptors (Lipinski definition) is 6. The van der Waals surface area contributed by atoms with Crippen LogP contribution in [0.15, 0.2) is 52.4 Å². The molecule has 2 aromatic carbocycles. The Hall–Kier alpha value is -2.21. The van der Waals surface area contributed by atoms with Crippen molar-refractivity contribution in [3.05, 3.63) is 53.1 Å². The summed E-state index contributed by atoms with van der Waals surface area (Å²) in [6.07, 6.45) is 3.15. The van der Waals surface area contributed by atoms with Gasteiger partial charge < -0.3 is 9.30 Å². The number of fused-ring (bicyclic) bond motifs is 1. The van der Waals surface area contributed by atoms with Crippen molar-refractivity contribution in [1.29, 1.82) is 0 Å². The summed E-state index contributed by atoms with van der Waals surface area (Å²) < 4.78 is 48.9. The van der Waals surface area contributed by atoms with Crippen LogP contribution in [0.3, 0.4) is 0 Å². The average Bonchev–Trinajstić information content (AvgIpc) is 3.18. The maximum absolute atomic E-state index is 13.2. The summed E-state index contributed by atoms with van der Waals surface area (Å²) >= 11 is 3.13. The molecular weight excluding hydrogens is 497 g/mol. The maximum atomic E-state index is 13.2. The molecule has 3 aromatic rings. The minimum absolute atomic E-state index is 0.0206. The van der Waals surface area contributed by atoms with Gasteiger partial charge in [-0.2, -0.15) is 21.1 Å². The lowest BCUT2D eigenvalue weighted by atomic mass is 9.99. The number of carbonyl (C=O) groups is 1. The van der Waals surface area contributed by atoms with Crippen molar-refractivity contribution in [2.24, 2.45) is 10.9 Å². The van der Waals surface area contributed by atoms with E-state index in [0.29, 0.717) is 30.7 Å². The summed E-state index contributed by atoms with van der Waals surface area (Å²) in [5.41, 5.74) is 0.982. The van der Waals surface area contributed by atoms with Gasteiger partial charge in [0.1, 0.15) is 11.6 Å². The number of methoxy groups -OCH3 is 1. The molecule has 0 aliphatic carbocycles. The van der Waals surface area contributed by atoms with E-state index in [9.17, 15) is 17.6 Å². The smallest absolute Gasteiger partial charge is 0.252 e. The number of rotatable bonds is 7. The number of aromatic nitrogens is 1. The number of thiazole rings is 1. The van der Waals surface area contributed by atoms with Crippen molar-refractivity contribution < 1.29 is 22.3 Å². The van der Waals surface area contributed by atoms with Crippen LogP contribution in [0.2, 0.25) is 0 Å². The zero-order chi connectivity index (χ0) is 24.3. The molecule has 0 N–H and O–H groups in total. The van der Waals surface area contributed by atoms with E-state index in [1.807, 2.05) is 29.0 Å². The fourth-order valence-electron chi connectivity index (χ4n) is 3.97. The number of amides is 1. The maximum Gasteiger partial charge on any atom is 0.252 e. The van der Waals surface area contributed by atoms with Gasteiger partial charge in [0.2, 0.25) is 10.0 Å². The number of nitrogens with zero attached hydrogens (tertiary/aromatic N) is 3. The van der Waals surface area contributed by atoms with Crippen LogP contribution in [0.25, 0.3) is 10.2 Å². The van der Waals surface area contributed by atoms with E-state index in [1.165, 1.54) is 27.8 Å². The molecule has 1 amide bonds. The Kier molecular flexibility index (Phi) is 7.76. The van der Waals surface area contributed by atoms with Crippen molar-refractivity contribution in [2.45, 2.75) is 24.3 Å². The van der Waals surface area contributed by atoms with Gasteiger partial charge in [0, 0.05) is 25.4 Å². The van der Waals surface area contributed by atoms with E-state index >= 15 is 0 Å². The molecule has 1 aliphatic rings. The second-order valence-electron chi connectivity index (χ2n) is 7.97. The van der Waals surface area contributed by atoms with Crippen LogP contribution >= 0.6 is 23.1 Å². The van der Waals surface area contributed by atoms with Crippen LogP contribution < -0.4 is 9.54 Å². The topological polar surface area (TPSA) is 81.0 Å². The zero-order valence-electron chi connectivity index (χ0n) is 18.9. The lowest BCUT2D eigenvalue weighted by Crippen LogP contribution is -2.42. The van der Waals surface area contributed by atoms with Crippen LogP contribution in [-0.4, -0.2) is 55.4 Å². The first-order chi connectivity index (χ1) is 16.3. The van der Waals surface area contributed by atoms with E-state index in [4.69, 9.17) is 4.74 Å². The molecule has 0 bridgehead atoms. The Morgan fingerprint density at radius 3 is 2.74 bits per heavy atom. The lowest BCUT2D eigenvalue weighted by Gasteiger charge is -2.30. The number of benzene rings is 2. The number of sulfonamides is 1. The Morgan fingerprint density at radius 1 is 1.26 bits per heavy atom. The number of piperidine rings is 1. The minimum atomic E-state index is -3.81. The van der Waals surface area contributed by atoms with Gasteiger partial charge in [-0.1, -0.05) is 11.3 Å². The molecule has 1 atom stereocenters. The highest BCUT2D eigenvalue weighted by atomic mass is 32.2. The molecule has 0 radical (unpaired) electrons. The highest BCUT2D eigenvalue weighted by Crippen LogP contribution is 2.26. The van der Waals surface area contributed by atoms with Gasteiger partial charge in [-0.25, -0.2) is 12.8 Å². The molecule has 182 valence electrons. The Morgan fingerprint density at radius 2 is 2.03 bits per heavy atom. The third-order valence-electron chi connectivity index (χ3n) is 5.80. The number of thioether (sulfide) groups is 1. The standard InChI is InChI=1S/C23H26FN3O4S3/c1-31-18-7-10-20-21(14-18)33-23(27(20)12-13-32-2)25-22(28)16-4-3-11-26(15-16)34(29,30)19-8-5-17(24)6-9-19/h5-10,14,16H,3-4,11-13,15H2,1-2H3. The molecule has 1 aliphatic heterocycles. The molecule has 34 heavy (non-hydrogen) atoms. The van der Waals surface area contributed by atoms with Crippen LogP contribution in [0, 0.1) is 11.7 Å². The molecule has 0 spiro atoms. The summed E-state index contributed by atoms with van der Waals surface area (Å²) in [6.45, 7) is 1.08. The van der Waals surface area contributed by atoms with Gasteiger partial charge in [-0.05, 0) is 61.6 Å². The Labute approximate surface area is 206 Å². The molecule has 2 heterocycles. The lowest BCUT2D eigenvalue weighted by molar-refractivity contribution is -0.122. The number of hydrogen-bond donors (Lipinski definition) is 0. The van der Waals surface area contributed by atoms with Gasteiger partial charge >= 0.3 is 0 Å². The second-order valence-corrected chi connectivity index (χ2v) is 11.9. The van der Waals surface area contributed by atoms with Crippen LogP contribution in [0.4, 0.5) is 4.39 Å². The summed E-state index contributed by atoms with van der Waals surface area (Å²) in [5.74, 6) is 0.248. The van der Waals surface area contributed by atoms with Gasteiger partial charge in [-0.3, -0.25) is 4.79 Å². The third kappa shape index (κ3) is 5.22. The average molecular weight is 524 g/mol.